The van der Waals surface area contributed by atoms with Crippen molar-refractivity contribution in [3.05, 3.63) is 50.3 Å². The summed E-state index contributed by atoms with van der Waals surface area (Å²) in [5, 5.41) is 16.1. The Hall–Kier alpha value is -3.22. The van der Waals surface area contributed by atoms with Crippen LogP contribution < -0.4 is 5.32 Å². The van der Waals surface area contributed by atoms with Crippen molar-refractivity contribution in [1.29, 1.82) is 0 Å². The van der Waals surface area contributed by atoms with Gasteiger partial charge in [-0.15, -0.1) is 0 Å². The molecule has 1 fully saturated rings. The summed E-state index contributed by atoms with van der Waals surface area (Å²) >= 11 is 3.52. The molecule has 37 heavy (non-hydrogen) atoms. The largest absolute Gasteiger partial charge is 0.417 e. The number of alkyl halides is 3. The van der Waals surface area contributed by atoms with E-state index in [-0.39, 0.29) is 29.2 Å². The zero-order valence-corrected chi connectivity index (χ0v) is 22.6. The molecule has 4 aromatic heterocycles. The van der Waals surface area contributed by atoms with E-state index >= 15 is 0 Å². The zero-order chi connectivity index (χ0) is 26.8. The number of rotatable bonds is 6. The molecule has 1 saturated carbocycles. The minimum atomic E-state index is -4.55. The molecule has 1 aliphatic rings. The smallest absolute Gasteiger partial charge is 0.321 e. The van der Waals surface area contributed by atoms with Crippen LogP contribution in [0.5, 0.6) is 0 Å². The fraction of sp³-hybridized carbons (Fsp3) is 0.458. The molecule has 4 aromatic rings. The van der Waals surface area contributed by atoms with Gasteiger partial charge in [0, 0.05) is 11.6 Å². The number of hydrogen-bond donors (Lipinski definition) is 1. The van der Waals surface area contributed by atoms with Crippen LogP contribution in [-0.4, -0.2) is 40.2 Å². The molecular weight excluding hydrogens is 553 g/mol. The molecule has 5 rings (SSSR count). The maximum absolute atomic E-state index is 13.9. The van der Waals surface area contributed by atoms with Crippen LogP contribution in [0.4, 0.5) is 18.9 Å². The van der Waals surface area contributed by atoms with Gasteiger partial charge in [0.25, 0.3) is 0 Å². The van der Waals surface area contributed by atoms with Gasteiger partial charge in [0.2, 0.25) is 5.91 Å². The molecule has 0 spiro atoms. The number of hydrogen-bond acceptors (Lipinski definition) is 5. The second-order valence-electron chi connectivity index (χ2n) is 9.53. The monoisotopic (exact) mass is 578 g/mol. The normalized spacial score (nSPS) is 14.1. The van der Waals surface area contributed by atoms with Crippen molar-refractivity contribution < 1.29 is 18.0 Å². The van der Waals surface area contributed by atoms with E-state index in [2.05, 4.69) is 41.5 Å². The molecular formula is C24H26BrF3N8O. The standard InChI is InChI=1S/C24H26BrF3N8O/c1-11-20-17(24(26,27)28)8-18(16-6-7-16)29-23(20)34(31-11)9-19(37)30-22-13(3)33-36(15(22)5)10-35-14(4)21(25)12(2)32-35/h8,16H,6-7,9-10H2,1-5H3,(H,30,37). The molecule has 0 unspecified atom stereocenters. The third kappa shape index (κ3) is 4.64. The highest BCUT2D eigenvalue weighted by Gasteiger charge is 2.37. The van der Waals surface area contributed by atoms with E-state index in [1.165, 1.54) is 11.6 Å². The Morgan fingerprint density at radius 1 is 1.00 bits per heavy atom. The first kappa shape index (κ1) is 25.4. The molecule has 0 saturated heterocycles. The minimum absolute atomic E-state index is 0.0157. The number of fused-ring (bicyclic) bond motifs is 1. The molecule has 0 atom stereocenters. The van der Waals surface area contributed by atoms with Crippen molar-refractivity contribution >= 4 is 38.6 Å². The average Bonchev–Trinajstić information content (AvgIpc) is 3.54. The number of halogens is 4. The van der Waals surface area contributed by atoms with Gasteiger partial charge in [-0.3, -0.25) is 4.79 Å². The fourth-order valence-corrected chi connectivity index (χ4v) is 4.85. The van der Waals surface area contributed by atoms with Gasteiger partial charge in [-0.25, -0.2) is 19.0 Å². The lowest BCUT2D eigenvalue weighted by Gasteiger charge is -2.11. The summed E-state index contributed by atoms with van der Waals surface area (Å²) < 4.78 is 47.3. The molecule has 1 N–H and O–H groups in total. The Balaban J connectivity index is 1.42. The Labute approximate surface area is 219 Å². The maximum Gasteiger partial charge on any atom is 0.417 e. The summed E-state index contributed by atoms with van der Waals surface area (Å²) in [4.78, 5) is 17.5. The summed E-state index contributed by atoms with van der Waals surface area (Å²) in [5.41, 5.74) is 3.59. The van der Waals surface area contributed by atoms with E-state index in [0.29, 0.717) is 23.7 Å². The highest BCUT2D eigenvalue weighted by molar-refractivity contribution is 9.10. The topological polar surface area (TPSA) is 95.5 Å². The van der Waals surface area contributed by atoms with E-state index in [4.69, 9.17) is 0 Å². The Bertz CT molecular complexity index is 1540. The van der Waals surface area contributed by atoms with Crippen LogP contribution in [0.2, 0.25) is 0 Å². The van der Waals surface area contributed by atoms with Crippen LogP contribution in [0.25, 0.3) is 11.0 Å². The summed E-state index contributed by atoms with van der Waals surface area (Å²) in [6, 6.07) is 1.13. The molecule has 0 radical (unpaired) electrons. The van der Waals surface area contributed by atoms with Crippen molar-refractivity contribution in [1.82, 2.24) is 34.3 Å². The fourth-order valence-electron chi connectivity index (χ4n) is 4.57. The van der Waals surface area contributed by atoms with E-state index in [1.54, 1.807) is 11.6 Å². The predicted octanol–water partition coefficient (Wildman–Crippen LogP) is 5.17. The summed E-state index contributed by atoms with van der Waals surface area (Å²) in [6.07, 6.45) is -2.93. The van der Waals surface area contributed by atoms with Gasteiger partial charge in [0.15, 0.2) is 5.65 Å². The second-order valence-corrected chi connectivity index (χ2v) is 10.3. The van der Waals surface area contributed by atoms with Crippen LogP contribution >= 0.6 is 15.9 Å². The summed E-state index contributed by atoms with van der Waals surface area (Å²) in [7, 11) is 0. The highest BCUT2D eigenvalue weighted by atomic mass is 79.9. The molecule has 1 aliphatic carbocycles. The molecule has 1 amide bonds. The Morgan fingerprint density at radius 2 is 1.62 bits per heavy atom. The number of aromatic nitrogens is 7. The molecule has 0 aromatic carbocycles. The number of aryl methyl sites for hydroxylation is 3. The predicted molar refractivity (Wildman–Crippen MR) is 134 cm³/mol. The number of pyridine rings is 1. The van der Waals surface area contributed by atoms with E-state index in [1.807, 2.05) is 25.5 Å². The summed E-state index contributed by atoms with van der Waals surface area (Å²) in [6.45, 7) is 9.05. The highest BCUT2D eigenvalue weighted by Crippen LogP contribution is 2.43. The van der Waals surface area contributed by atoms with Gasteiger partial charge in [0.05, 0.1) is 49.6 Å². The van der Waals surface area contributed by atoms with Gasteiger partial charge in [-0.05, 0) is 69.5 Å². The SMILES string of the molecule is Cc1nn(Cn2nc(C)c(NC(=O)Cn3nc(C)c4c(C(F)(F)F)cc(C5CC5)nc43)c2C)c(C)c1Br. The first-order valence-corrected chi connectivity index (χ1v) is 12.6. The lowest BCUT2D eigenvalue weighted by Crippen LogP contribution is -2.21. The van der Waals surface area contributed by atoms with Crippen LogP contribution in [0.1, 0.15) is 58.5 Å². The Morgan fingerprint density at radius 3 is 2.22 bits per heavy atom. The minimum Gasteiger partial charge on any atom is -0.321 e. The van der Waals surface area contributed by atoms with Crippen LogP contribution in [0.3, 0.4) is 0 Å². The quantitative estimate of drug-likeness (QED) is 0.340. The molecule has 4 heterocycles. The zero-order valence-electron chi connectivity index (χ0n) is 21.0. The van der Waals surface area contributed by atoms with Crippen molar-refractivity contribution in [2.24, 2.45) is 0 Å². The van der Waals surface area contributed by atoms with E-state index in [0.717, 1.165) is 40.5 Å². The molecule has 13 heteroatoms. The lowest BCUT2D eigenvalue weighted by atomic mass is 10.1. The number of nitrogens with zero attached hydrogens (tertiary/aromatic N) is 7. The van der Waals surface area contributed by atoms with Crippen molar-refractivity contribution in [2.45, 2.75) is 72.8 Å². The first-order chi connectivity index (χ1) is 17.3. The summed E-state index contributed by atoms with van der Waals surface area (Å²) in [5.74, 6) is -0.418. The number of carbonyl (C=O) groups is 1. The molecule has 9 nitrogen and oxygen atoms in total. The van der Waals surface area contributed by atoms with Gasteiger partial charge in [-0.1, -0.05) is 0 Å². The molecule has 0 aliphatic heterocycles. The first-order valence-electron chi connectivity index (χ1n) is 11.8. The number of amides is 1. The Kier molecular flexibility index (Phi) is 6.16. The van der Waals surface area contributed by atoms with Gasteiger partial charge in [-0.2, -0.15) is 28.5 Å². The van der Waals surface area contributed by atoms with Gasteiger partial charge < -0.3 is 5.32 Å². The van der Waals surface area contributed by atoms with Crippen LogP contribution in [0.15, 0.2) is 10.5 Å². The van der Waals surface area contributed by atoms with E-state index < -0.39 is 17.6 Å². The van der Waals surface area contributed by atoms with Gasteiger partial charge >= 0.3 is 6.18 Å². The average molecular weight is 579 g/mol. The van der Waals surface area contributed by atoms with Crippen LogP contribution in [0, 0.1) is 34.6 Å². The maximum atomic E-state index is 13.9. The number of anilines is 1. The van der Waals surface area contributed by atoms with Crippen LogP contribution in [-0.2, 0) is 24.2 Å². The second kappa shape index (κ2) is 8.96. The van der Waals surface area contributed by atoms with Gasteiger partial charge in [0.1, 0.15) is 13.2 Å². The number of carbonyl (C=O) groups excluding carboxylic acids is 1. The third-order valence-corrected chi connectivity index (χ3v) is 7.85. The third-order valence-electron chi connectivity index (χ3n) is 6.70. The molecule has 0 bridgehead atoms. The van der Waals surface area contributed by atoms with Crippen molar-refractivity contribution in [3.63, 3.8) is 0 Å². The molecule has 196 valence electrons. The number of nitrogens with one attached hydrogen (secondary N) is 1. The van der Waals surface area contributed by atoms with E-state index in [9.17, 15) is 18.0 Å². The lowest BCUT2D eigenvalue weighted by molar-refractivity contribution is -0.136. The van der Waals surface area contributed by atoms with Crippen molar-refractivity contribution in [2.75, 3.05) is 5.32 Å². The van der Waals surface area contributed by atoms with Crippen molar-refractivity contribution in [3.8, 4) is 0 Å².